The van der Waals surface area contributed by atoms with Crippen LogP contribution in [0.15, 0.2) is 29.1 Å². The summed E-state index contributed by atoms with van der Waals surface area (Å²) in [6.45, 7) is 1.70. The number of rotatable bonds is 4. The molecule has 26 heavy (non-hydrogen) atoms. The second-order valence-electron chi connectivity index (χ2n) is 7.78. The van der Waals surface area contributed by atoms with Crippen molar-refractivity contribution in [3.8, 4) is 0 Å². The molecule has 1 aliphatic carbocycles. The zero-order chi connectivity index (χ0) is 18.1. The fraction of sp³-hybridized carbons (Fsp3) is 0.550. The molecule has 1 aromatic heterocycles. The van der Waals surface area contributed by atoms with Gasteiger partial charge in [0.05, 0.1) is 23.5 Å². The number of carbonyl (C=O) groups excluding carboxylic acids is 1. The van der Waals surface area contributed by atoms with Crippen LogP contribution >= 0.6 is 0 Å². The Hall–Kier alpha value is -2.21. The van der Waals surface area contributed by atoms with E-state index in [1.54, 1.807) is 6.07 Å². The Morgan fingerprint density at radius 1 is 1.19 bits per heavy atom. The molecular weight excluding hydrogens is 328 g/mol. The highest BCUT2D eigenvalue weighted by Crippen LogP contribution is 2.28. The molecule has 1 amide bonds. The van der Waals surface area contributed by atoms with Gasteiger partial charge in [-0.1, -0.05) is 18.6 Å². The summed E-state index contributed by atoms with van der Waals surface area (Å²) in [5.74, 6) is 0.979. The maximum absolute atomic E-state index is 12.9. The van der Waals surface area contributed by atoms with Crippen LogP contribution in [-0.4, -0.2) is 28.0 Å². The van der Waals surface area contributed by atoms with Crippen LogP contribution in [0.2, 0.25) is 0 Å². The Morgan fingerprint density at radius 2 is 1.96 bits per heavy atom. The number of para-hydroxylation sites is 1. The molecule has 2 heterocycles. The number of amides is 1. The smallest absolute Gasteiger partial charge is 0.262 e. The molecule has 2 aliphatic rings. The maximum Gasteiger partial charge on any atom is 0.262 e. The normalized spacial score (nSPS) is 25.8. The van der Waals surface area contributed by atoms with Crippen molar-refractivity contribution >= 4 is 16.8 Å². The highest BCUT2D eigenvalue weighted by Gasteiger charge is 2.37. The number of primary amides is 1. The first-order chi connectivity index (χ1) is 12.6. The molecule has 3 N–H and O–H groups in total. The molecule has 1 saturated carbocycles. The molecule has 0 radical (unpaired) electrons. The van der Waals surface area contributed by atoms with E-state index in [1.165, 1.54) is 48.0 Å². The van der Waals surface area contributed by atoms with E-state index in [1.807, 2.05) is 18.2 Å². The Labute approximate surface area is 153 Å². The van der Waals surface area contributed by atoms with Crippen LogP contribution in [0.1, 0.15) is 44.3 Å². The van der Waals surface area contributed by atoms with Crippen LogP contribution < -0.4 is 16.2 Å². The van der Waals surface area contributed by atoms with Crippen molar-refractivity contribution in [3.05, 3.63) is 40.4 Å². The fourth-order valence-electron chi connectivity index (χ4n) is 4.96. The van der Waals surface area contributed by atoms with Gasteiger partial charge < -0.3 is 10.6 Å². The number of nitrogens with two attached hydrogens (primary N) is 1. The van der Waals surface area contributed by atoms with Crippen molar-refractivity contribution in [1.82, 2.24) is 9.55 Å². The second-order valence-corrected chi connectivity index (χ2v) is 7.78. The van der Waals surface area contributed by atoms with Gasteiger partial charge in [0.15, 0.2) is 5.82 Å². The van der Waals surface area contributed by atoms with Gasteiger partial charge in [-0.25, -0.2) is 4.98 Å². The van der Waals surface area contributed by atoms with E-state index in [9.17, 15) is 9.59 Å². The topological polar surface area (TPSA) is 82.4 Å². The summed E-state index contributed by atoms with van der Waals surface area (Å²) in [4.78, 5) is 30.7. The number of fused-ring (bicyclic) bond motifs is 2. The molecule has 0 spiro atoms. The van der Waals surface area contributed by atoms with Crippen molar-refractivity contribution in [3.63, 3.8) is 0 Å². The Morgan fingerprint density at radius 3 is 2.81 bits per heavy atom. The lowest BCUT2D eigenvalue weighted by atomic mass is 9.78. The van der Waals surface area contributed by atoms with Gasteiger partial charge in [0, 0.05) is 5.92 Å². The molecule has 1 aromatic carbocycles. The Balaban J connectivity index is 1.72. The summed E-state index contributed by atoms with van der Waals surface area (Å²) in [6, 6.07) is 7.99. The van der Waals surface area contributed by atoms with Crippen molar-refractivity contribution in [2.24, 2.45) is 11.7 Å². The minimum atomic E-state index is -0.505. The average molecular weight is 355 g/mol. The first-order valence-electron chi connectivity index (χ1n) is 9.75. The predicted octanol–water partition coefficient (Wildman–Crippen LogP) is 0.619. The summed E-state index contributed by atoms with van der Waals surface area (Å²) in [5, 5.41) is 0.543. The van der Waals surface area contributed by atoms with Gasteiger partial charge in [-0.2, -0.15) is 0 Å². The monoisotopic (exact) mass is 355 g/mol. The van der Waals surface area contributed by atoms with E-state index in [0.29, 0.717) is 29.3 Å². The van der Waals surface area contributed by atoms with Gasteiger partial charge in [-0.15, -0.1) is 0 Å². The molecule has 138 valence electrons. The number of carbonyl (C=O) groups is 1. The van der Waals surface area contributed by atoms with Gasteiger partial charge >= 0.3 is 0 Å². The van der Waals surface area contributed by atoms with E-state index in [4.69, 9.17) is 10.7 Å². The molecule has 6 heteroatoms. The Bertz CT molecular complexity index is 874. The van der Waals surface area contributed by atoms with E-state index in [0.717, 1.165) is 12.5 Å². The number of likely N-dealkylation sites (tertiary alicyclic amines) is 1. The minimum Gasteiger partial charge on any atom is -0.368 e. The first kappa shape index (κ1) is 17.2. The summed E-state index contributed by atoms with van der Waals surface area (Å²) < 4.78 is 1.49. The number of nitrogens with zero attached hydrogens (tertiary/aromatic N) is 2. The van der Waals surface area contributed by atoms with Crippen molar-refractivity contribution in [2.45, 2.75) is 57.7 Å². The summed E-state index contributed by atoms with van der Waals surface area (Å²) in [5.41, 5.74) is 5.95. The second kappa shape index (κ2) is 7.19. The SMILES string of the molecule is NC(=O)Cn1c(C[NH+]2CCC[C@@H]3CCCC[C@@H]32)nc2ccccc2c1=O. The molecule has 1 saturated heterocycles. The van der Waals surface area contributed by atoms with Gasteiger partial charge in [0.25, 0.3) is 5.56 Å². The van der Waals surface area contributed by atoms with Crippen molar-refractivity contribution in [2.75, 3.05) is 6.54 Å². The number of benzene rings is 1. The predicted molar refractivity (Wildman–Crippen MR) is 99.7 cm³/mol. The van der Waals surface area contributed by atoms with Crippen LogP contribution in [-0.2, 0) is 17.9 Å². The minimum absolute atomic E-state index is 0.104. The van der Waals surface area contributed by atoms with Crippen LogP contribution in [0.25, 0.3) is 10.9 Å². The third-order valence-electron chi connectivity index (χ3n) is 6.15. The maximum atomic E-state index is 12.9. The first-order valence-corrected chi connectivity index (χ1v) is 9.75. The average Bonchev–Trinajstić information content (AvgIpc) is 2.65. The molecule has 2 aromatic rings. The van der Waals surface area contributed by atoms with Crippen molar-refractivity contribution < 1.29 is 9.69 Å². The standard InChI is InChI=1S/C20H26N4O2/c21-18(25)12-24-19(22-16-9-3-2-8-15(16)20(24)26)13-23-11-5-7-14-6-1-4-10-17(14)23/h2-3,8-9,14,17H,1,4-7,10-13H2,(H2,21,25)/p+1/t14-,17-/m0/s1. The lowest BCUT2D eigenvalue weighted by Gasteiger charge is -2.41. The lowest BCUT2D eigenvalue weighted by molar-refractivity contribution is -0.949. The largest absolute Gasteiger partial charge is 0.368 e. The van der Waals surface area contributed by atoms with Crippen LogP contribution in [0.5, 0.6) is 0 Å². The summed E-state index contributed by atoms with van der Waals surface area (Å²) >= 11 is 0. The quantitative estimate of drug-likeness (QED) is 0.843. The zero-order valence-corrected chi connectivity index (χ0v) is 15.1. The third kappa shape index (κ3) is 3.26. The number of piperidine rings is 1. The van der Waals surface area contributed by atoms with Gasteiger partial charge in [-0.3, -0.25) is 14.2 Å². The lowest BCUT2D eigenvalue weighted by Crippen LogP contribution is -3.16. The van der Waals surface area contributed by atoms with Crippen LogP contribution in [0, 0.1) is 5.92 Å². The highest BCUT2D eigenvalue weighted by atomic mass is 16.2. The number of aromatic nitrogens is 2. The van der Waals surface area contributed by atoms with Crippen LogP contribution in [0.3, 0.4) is 0 Å². The number of nitrogens with one attached hydrogen (secondary N) is 1. The third-order valence-corrected chi connectivity index (χ3v) is 6.15. The molecule has 6 nitrogen and oxygen atoms in total. The van der Waals surface area contributed by atoms with Gasteiger partial charge in [0.2, 0.25) is 5.91 Å². The number of hydrogen-bond acceptors (Lipinski definition) is 3. The van der Waals surface area contributed by atoms with E-state index >= 15 is 0 Å². The van der Waals surface area contributed by atoms with E-state index in [2.05, 4.69) is 0 Å². The summed E-state index contributed by atoms with van der Waals surface area (Å²) in [7, 11) is 0. The molecule has 2 fully saturated rings. The van der Waals surface area contributed by atoms with Crippen molar-refractivity contribution in [1.29, 1.82) is 0 Å². The molecule has 0 bridgehead atoms. The van der Waals surface area contributed by atoms with E-state index < -0.39 is 5.91 Å². The van der Waals surface area contributed by atoms with Gasteiger partial charge in [0.1, 0.15) is 13.1 Å². The number of hydrogen-bond donors (Lipinski definition) is 2. The van der Waals surface area contributed by atoms with Gasteiger partial charge in [-0.05, 0) is 44.2 Å². The molecule has 3 atom stereocenters. The molecule has 1 unspecified atom stereocenters. The zero-order valence-electron chi connectivity index (χ0n) is 15.1. The molecule has 4 rings (SSSR count). The summed E-state index contributed by atoms with van der Waals surface area (Å²) in [6.07, 6.45) is 7.78. The molecular formula is C20H27N4O2+. The highest BCUT2D eigenvalue weighted by molar-refractivity contribution is 5.78. The molecule has 1 aliphatic heterocycles. The van der Waals surface area contributed by atoms with Crippen LogP contribution in [0.4, 0.5) is 0 Å². The Kier molecular flexibility index (Phi) is 4.76. The fourth-order valence-corrected chi connectivity index (χ4v) is 4.96. The number of quaternary nitrogens is 1. The van der Waals surface area contributed by atoms with E-state index in [-0.39, 0.29) is 12.1 Å².